The molecule has 0 saturated heterocycles. The summed E-state index contributed by atoms with van der Waals surface area (Å²) < 4.78 is 20.8. The van der Waals surface area contributed by atoms with Crippen LogP contribution in [0, 0.1) is 12.7 Å². The fourth-order valence-electron chi connectivity index (χ4n) is 3.83. The average Bonchev–Trinajstić information content (AvgIpc) is 3.14. The standard InChI is InChI=1S/C23H18BrFN2O/c1-14-2-4-15(5-3-14)20-13-21-19-12-17(24)8-11-22(19)28-23(27(21)26-20)16-6-9-18(25)10-7-16/h2-12,21,23H,13H2,1H3/t21-,23+/m0/s1. The number of hydrogen-bond donors (Lipinski definition) is 0. The summed E-state index contributed by atoms with van der Waals surface area (Å²) in [6, 6.07) is 21.0. The van der Waals surface area contributed by atoms with Gasteiger partial charge in [0.2, 0.25) is 6.23 Å². The molecule has 0 amide bonds. The van der Waals surface area contributed by atoms with Crippen molar-refractivity contribution in [2.75, 3.05) is 0 Å². The Morgan fingerprint density at radius 2 is 1.79 bits per heavy atom. The lowest BCUT2D eigenvalue weighted by Crippen LogP contribution is -2.33. The number of rotatable bonds is 2. The number of hydrazone groups is 1. The molecule has 5 heteroatoms. The molecule has 0 N–H and O–H groups in total. The average molecular weight is 437 g/mol. The Morgan fingerprint density at radius 1 is 1.04 bits per heavy atom. The third-order valence-corrected chi connectivity index (χ3v) is 5.79. The quantitative estimate of drug-likeness (QED) is 0.481. The van der Waals surface area contributed by atoms with Gasteiger partial charge in [-0.05, 0) is 42.8 Å². The highest BCUT2D eigenvalue weighted by Gasteiger charge is 2.41. The summed E-state index contributed by atoms with van der Waals surface area (Å²) >= 11 is 3.57. The molecular formula is C23H18BrFN2O. The molecule has 3 nitrogen and oxygen atoms in total. The first-order valence-corrected chi connectivity index (χ1v) is 10.0. The number of aryl methyl sites for hydroxylation is 1. The second kappa shape index (κ2) is 6.74. The first-order valence-electron chi connectivity index (χ1n) is 9.23. The van der Waals surface area contributed by atoms with Crippen LogP contribution in [0.2, 0.25) is 0 Å². The lowest BCUT2D eigenvalue weighted by Gasteiger charge is -2.38. The van der Waals surface area contributed by atoms with Gasteiger partial charge in [0.05, 0.1) is 11.8 Å². The smallest absolute Gasteiger partial charge is 0.213 e. The second-order valence-corrected chi connectivity index (χ2v) is 8.13. The van der Waals surface area contributed by atoms with Gasteiger partial charge < -0.3 is 4.74 Å². The SMILES string of the molecule is Cc1ccc(C2=NN3[C@@H](c4ccc(F)cc4)Oc4ccc(Br)cc4[C@@H]3C2)cc1. The highest BCUT2D eigenvalue weighted by Crippen LogP contribution is 2.48. The second-order valence-electron chi connectivity index (χ2n) is 7.22. The Bertz CT molecular complexity index is 1060. The van der Waals surface area contributed by atoms with E-state index < -0.39 is 0 Å². The van der Waals surface area contributed by atoms with Crippen molar-refractivity contribution in [3.05, 3.63) is 99.3 Å². The molecule has 0 bridgehead atoms. The molecular weight excluding hydrogens is 419 g/mol. The predicted octanol–water partition coefficient (Wildman–Crippen LogP) is 6.14. The fraction of sp³-hybridized carbons (Fsp3) is 0.174. The van der Waals surface area contributed by atoms with Crippen LogP contribution in [-0.2, 0) is 0 Å². The van der Waals surface area contributed by atoms with E-state index in [1.54, 1.807) is 12.1 Å². The molecule has 2 aliphatic rings. The summed E-state index contributed by atoms with van der Waals surface area (Å²) in [5, 5.41) is 6.95. The summed E-state index contributed by atoms with van der Waals surface area (Å²) in [5.74, 6) is 0.588. The minimum absolute atomic E-state index is 0.0765. The number of nitrogens with zero attached hydrogens (tertiary/aromatic N) is 2. The van der Waals surface area contributed by atoms with Crippen LogP contribution < -0.4 is 4.74 Å². The first kappa shape index (κ1) is 17.4. The fourth-order valence-corrected chi connectivity index (χ4v) is 4.20. The van der Waals surface area contributed by atoms with Crippen molar-refractivity contribution in [2.24, 2.45) is 5.10 Å². The normalized spacial score (nSPS) is 20.2. The molecule has 2 heterocycles. The molecule has 0 saturated carbocycles. The predicted molar refractivity (Wildman–Crippen MR) is 111 cm³/mol. The first-order chi connectivity index (χ1) is 13.6. The molecule has 2 aliphatic heterocycles. The van der Waals surface area contributed by atoms with Crippen LogP contribution in [0.25, 0.3) is 0 Å². The highest BCUT2D eigenvalue weighted by atomic mass is 79.9. The molecule has 0 spiro atoms. The van der Waals surface area contributed by atoms with Crippen LogP contribution in [0.3, 0.4) is 0 Å². The van der Waals surface area contributed by atoms with E-state index in [1.807, 2.05) is 17.1 Å². The number of hydrogen-bond acceptors (Lipinski definition) is 3. The van der Waals surface area contributed by atoms with Crippen LogP contribution in [0.5, 0.6) is 5.75 Å². The van der Waals surface area contributed by atoms with Crippen molar-refractivity contribution in [3.63, 3.8) is 0 Å². The van der Waals surface area contributed by atoms with Crippen LogP contribution in [0.1, 0.15) is 40.9 Å². The summed E-state index contributed by atoms with van der Waals surface area (Å²) in [7, 11) is 0. The maximum absolute atomic E-state index is 13.4. The van der Waals surface area contributed by atoms with Gasteiger partial charge in [0.15, 0.2) is 0 Å². The Kier molecular flexibility index (Phi) is 4.20. The van der Waals surface area contributed by atoms with Crippen LogP contribution in [-0.4, -0.2) is 10.7 Å². The lowest BCUT2D eigenvalue weighted by molar-refractivity contribution is -0.0191. The molecule has 5 rings (SSSR count). The lowest BCUT2D eigenvalue weighted by atomic mass is 9.95. The summed E-state index contributed by atoms with van der Waals surface area (Å²) in [6.45, 7) is 2.08. The zero-order chi connectivity index (χ0) is 19.3. The Labute approximate surface area is 171 Å². The van der Waals surface area contributed by atoms with Gasteiger partial charge in [-0.2, -0.15) is 5.10 Å². The van der Waals surface area contributed by atoms with Gasteiger partial charge in [-0.25, -0.2) is 9.40 Å². The zero-order valence-corrected chi connectivity index (χ0v) is 16.9. The Hall–Kier alpha value is -2.66. The molecule has 0 aliphatic carbocycles. The summed E-state index contributed by atoms with van der Waals surface area (Å²) in [5.41, 5.74) is 5.37. The number of benzene rings is 3. The third-order valence-electron chi connectivity index (χ3n) is 5.29. The highest BCUT2D eigenvalue weighted by molar-refractivity contribution is 9.10. The summed E-state index contributed by atoms with van der Waals surface area (Å²) in [4.78, 5) is 0. The zero-order valence-electron chi connectivity index (χ0n) is 15.3. The van der Waals surface area contributed by atoms with E-state index in [-0.39, 0.29) is 18.1 Å². The molecule has 0 unspecified atom stereocenters. The molecule has 3 aromatic rings. The molecule has 2 atom stereocenters. The van der Waals surface area contributed by atoms with E-state index >= 15 is 0 Å². The minimum Gasteiger partial charge on any atom is -0.464 e. The van der Waals surface area contributed by atoms with Crippen LogP contribution >= 0.6 is 15.9 Å². The van der Waals surface area contributed by atoms with Crippen LogP contribution in [0.4, 0.5) is 4.39 Å². The number of ether oxygens (including phenoxy) is 1. The van der Waals surface area contributed by atoms with Crippen LogP contribution in [0.15, 0.2) is 76.3 Å². The van der Waals surface area contributed by atoms with Gasteiger partial charge in [-0.3, -0.25) is 0 Å². The van der Waals surface area contributed by atoms with E-state index in [1.165, 1.54) is 17.7 Å². The van der Waals surface area contributed by atoms with E-state index in [4.69, 9.17) is 9.84 Å². The van der Waals surface area contributed by atoms with Gasteiger partial charge in [-0.1, -0.05) is 57.9 Å². The van der Waals surface area contributed by atoms with Crippen molar-refractivity contribution in [1.82, 2.24) is 5.01 Å². The van der Waals surface area contributed by atoms with Crippen molar-refractivity contribution in [2.45, 2.75) is 25.6 Å². The number of halogens is 2. The third kappa shape index (κ3) is 3.00. The number of fused-ring (bicyclic) bond motifs is 3. The van der Waals surface area contributed by atoms with Crippen molar-refractivity contribution in [1.29, 1.82) is 0 Å². The molecule has 0 fully saturated rings. The molecule has 140 valence electrons. The van der Waals surface area contributed by atoms with Gasteiger partial charge in [-0.15, -0.1) is 0 Å². The minimum atomic E-state index is -0.387. The maximum atomic E-state index is 13.4. The van der Waals surface area contributed by atoms with E-state index in [2.05, 4.69) is 53.2 Å². The van der Waals surface area contributed by atoms with Crippen molar-refractivity contribution < 1.29 is 9.13 Å². The molecule has 0 aromatic heterocycles. The van der Waals surface area contributed by atoms with Gasteiger partial charge in [0, 0.05) is 22.0 Å². The molecule has 3 aromatic carbocycles. The van der Waals surface area contributed by atoms with Gasteiger partial charge in [0.25, 0.3) is 0 Å². The molecule has 28 heavy (non-hydrogen) atoms. The van der Waals surface area contributed by atoms with Gasteiger partial charge in [0.1, 0.15) is 11.6 Å². The van der Waals surface area contributed by atoms with Crippen molar-refractivity contribution >= 4 is 21.6 Å². The maximum Gasteiger partial charge on any atom is 0.213 e. The van der Waals surface area contributed by atoms with Crippen molar-refractivity contribution in [3.8, 4) is 5.75 Å². The Morgan fingerprint density at radius 3 is 2.54 bits per heavy atom. The monoisotopic (exact) mass is 436 g/mol. The summed E-state index contributed by atoms with van der Waals surface area (Å²) in [6.07, 6.45) is 0.412. The Balaban J connectivity index is 1.59. The topological polar surface area (TPSA) is 24.8 Å². The largest absolute Gasteiger partial charge is 0.464 e. The van der Waals surface area contributed by atoms with Gasteiger partial charge >= 0.3 is 0 Å². The van der Waals surface area contributed by atoms with E-state index in [9.17, 15) is 4.39 Å². The molecule has 0 radical (unpaired) electrons. The van der Waals surface area contributed by atoms with E-state index in [0.717, 1.165) is 39.0 Å². The van der Waals surface area contributed by atoms with E-state index in [0.29, 0.717) is 0 Å².